The summed E-state index contributed by atoms with van der Waals surface area (Å²) in [7, 11) is 2.08. The summed E-state index contributed by atoms with van der Waals surface area (Å²) in [5.41, 5.74) is 2.37. The fraction of sp³-hybridized carbons (Fsp3) is 0.125. The third-order valence-electron chi connectivity index (χ3n) is 3.35. The second kappa shape index (κ2) is 6.43. The van der Waals surface area contributed by atoms with E-state index in [1.165, 1.54) is 16.3 Å². The van der Waals surface area contributed by atoms with Crippen LogP contribution in [0, 0.1) is 7.40 Å². The van der Waals surface area contributed by atoms with E-state index in [1.54, 1.807) is 6.33 Å². The Morgan fingerprint density at radius 2 is 1.62 bits per heavy atom. The molecule has 1 heterocycles. The van der Waals surface area contributed by atoms with Crippen LogP contribution in [0.15, 0.2) is 48.8 Å². The molecule has 3 rings (SSSR count). The lowest BCUT2D eigenvalue weighted by Crippen LogP contribution is -2.19. The first-order valence-corrected chi connectivity index (χ1v) is 8.66. The van der Waals surface area contributed by atoms with E-state index in [2.05, 4.69) is 110 Å². The summed E-state index contributed by atoms with van der Waals surface area (Å²) in [6.45, 7) is 0.838. The predicted molar refractivity (Wildman–Crippen MR) is 104 cm³/mol. The molecule has 106 valence electrons. The predicted octanol–water partition coefficient (Wildman–Crippen LogP) is 4.48. The normalized spacial score (nSPS) is 10.8. The highest BCUT2D eigenvalue weighted by Gasteiger charge is 2.12. The third kappa shape index (κ3) is 3.28. The molecule has 0 radical (unpaired) electrons. The van der Waals surface area contributed by atoms with Gasteiger partial charge >= 0.3 is 0 Å². The number of aromatic nitrogens is 2. The smallest absolute Gasteiger partial charge is 0.129 e. The van der Waals surface area contributed by atoms with Crippen LogP contribution >= 0.6 is 45.2 Å². The van der Waals surface area contributed by atoms with Crippen molar-refractivity contribution < 1.29 is 0 Å². The molecule has 0 saturated carbocycles. The maximum atomic E-state index is 4.28. The molecule has 0 N–H and O–H groups in total. The van der Waals surface area contributed by atoms with Gasteiger partial charge in [0.25, 0.3) is 0 Å². The van der Waals surface area contributed by atoms with Crippen LogP contribution in [0.25, 0.3) is 10.8 Å². The van der Waals surface area contributed by atoms with Gasteiger partial charge in [-0.1, -0.05) is 36.4 Å². The molecule has 0 unspecified atom stereocenters. The zero-order valence-corrected chi connectivity index (χ0v) is 15.7. The molecular formula is C16H13I2N3. The maximum absolute atomic E-state index is 4.28. The van der Waals surface area contributed by atoms with Gasteiger partial charge in [-0.15, -0.1) is 0 Å². The first-order valence-electron chi connectivity index (χ1n) is 6.50. The van der Waals surface area contributed by atoms with Crippen LogP contribution in [0.5, 0.6) is 0 Å². The number of fused-ring (bicyclic) bond motifs is 1. The number of nitrogens with zero attached hydrogens (tertiary/aromatic N) is 3. The SMILES string of the molecule is CN(Cc1ccc2ccccc2c1)c1c(I)ncnc1I. The highest BCUT2D eigenvalue weighted by Crippen LogP contribution is 2.26. The fourth-order valence-corrected chi connectivity index (χ4v) is 4.44. The van der Waals surface area contributed by atoms with Gasteiger partial charge in [0.1, 0.15) is 19.4 Å². The van der Waals surface area contributed by atoms with Crippen LogP contribution in [0.3, 0.4) is 0 Å². The molecular weight excluding hydrogens is 488 g/mol. The Labute approximate surface area is 151 Å². The molecule has 5 heteroatoms. The van der Waals surface area contributed by atoms with E-state index in [0.29, 0.717) is 0 Å². The van der Waals surface area contributed by atoms with E-state index < -0.39 is 0 Å². The van der Waals surface area contributed by atoms with Gasteiger partial charge in [0.15, 0.2) is 0 Å². The number of anilines is 1. The minimum absolute atomic E-state index is 0.838. The molecule has 3 aromatic rings. The van der Waals surface area contributed by atoms with Gasteiger partial charge in [-0.05, 0) is 67.6 Å². The van der Waals surface area contributed by atoms with Crippen molar-refractivity contribution in [2.75, 3.05) is 11.9 Å². The lowest BCUT2D eigenvalue weighted by Gasteiger charge is -2.21. The molecule has 2 aromatic carbocycles. The first kappa shape index (κ1) is 15.0. The summed E-state index contributed by atoms with van der Waals surface area (Å²) in [5.74, 6) is 0. The van der Waals surface area contributed by atoms with Gasteiger partial charge in [-0.25, -0.2) is 9.97 Å². The summed E-state index contributed by atoms with van der Waals surface area (Å²) in [6, 6.07) is 15.0. The van der Waals surface area contributed by atoms with Crippen molar-refractivity contribution >= 4 is 61.6 Å². The van der Waals surface area contributed by atoms with E-state index in [-0.39, 0.29) is 0 Å². The minimum atomic E-state index is 0.838. The summed E-state index contributed by atoms with van der Waals surface area (Å²) < 4.78 is 1.96. The summed E-state index contributed by atoms with van der Waals surface area (Å²) in [4.78, 5) is 10.8. The highest BCUT2D eigenvalue weighted by atomic mass is 127. The lowest BCUT2D eigenvalue weighted by molar-refractivity contribution is 0.895. The molecule has 21 heavy (non-hydrogen) atoms. The molecule has 0 amide bonds. The second-order valence-corrected chi connectivity index (χ2v) is 6.89. The Balaban J connectivity index is 1.91. The number of benzene rings is 2. The highest BCUT2D eigenvalue weighted by molar-refractivity contribution is 14.1. The van der Waals surface area contributed by atoms with Crippen LogP contribution in [-0.2, 0) is 6.54 Å². The standard InChI is InChI=1S/C16H13I2N3/c1-21(14-15(17)19-10-20-16(14)18)9-11-6-7-12-4-2-3-5-13(12)8-11/h2-8,10H,9H2,1H3. The largest absolute Gasteiger partial charge is 0.366 e. The number of rotatable bonds is 3. The Bertz CT molecular complexity index is 769. The summed E-state index contributed by atoms with van der Waals surface area (Å²) in [6.07, 6.45) is 1.61. The Morgan fingerprint density at radius 1 is 0.952 bits per heavy atom. The fourth-order valence-electron chi connectivity index (χ4n) is 2.34. The average molecular weight is 501 g/mol. The van der Waals surface area contributed by atoms with Crippen molar-refractivity contribution in [3.05, 3.63) is 61.8 Å². The molecule has 0 saturated heterocycles. The van der Waals surface area contributed by atoms with E-state index >= 15 is 0 Å². The Hall–Kier alpha value is -0.960. The van der Waals surface area contributed by atoms with Gasteiger partial charge in [0.05, 0.1) is 0 Å². The third-order valence-corrected chi connectivity index (χ3v) is 4.93. The van der Waals surface area contributed by atoms with Crippen LogP contribution in [0.1, 0.15) is 5.56 Å². The van der Waals surface area contributed by atoms with Gasteiger partial charge < -0.3 is 4.90 Å². The topological polar surface area (TPSA) is 29.0 Å². The van der Waals surface area contributed by atoms with Gasteiger partial charge in [0, 0.05) is 13.6 Å². The molecule has 0 fully saturated rings. The quantitative estimate of drug-likeness (QED) is 0.392. The molecule has 3 nitrogen and oxygen atoms in total. The van der Waals surface area contributed by atoms with Gasteiger partial charge in [-0.3, -0.25) is 0 Å². The van der Waals surface area contributed by atoms with Crippen LogP contribution < -0.4 is 4.90 Å². The number of hydrogen-bond donors (Lipinski definition) is 0. The zero-order valence-electron chi connectivity index (χ0n) is 11.4. The van der Waals surface area contributed by atoms with Crippen molar-refractivity contribution in [1.29, 1.82) is 0 Å². The van der Waals surface area contributed by atoms with Crippen molar-refractivity contribution in [1.82, 2.24) is 9.97 Å². The van der Waals surface area contributed by atoms with Crippen molar-refractivity contribution in [2.24, 2.45) is 0 Å². The first-order chi connectivity index (χ1) is 10.1. The Morgan fingerprint density at radius 3 is 2.33 bits per heavy atom. The molecule has 0 aliphatic rings. The molecule has 0 aliphatic heterocycles. The van der Waals surface area contributed by atoms with Crippen LogP contribution in [0.4, 0.5) is 5.69 Å². The molecule has 0 bridgehead atoms. The van der Waals surface area contributed by atoms with Crippen molar-refractivity contribution in [3.8, 4) is 0 Å². The van der Waals surface area contributed by atoms with E-state index in [4.69, 9.17) is 0 Å². The monoisotopic (exact) mass is 501 g/mol. The zero-order chi connectivity index (χ0) is 14.8. The van der Waals surface area contributed by atoms with Gasteiger partial charge in [-0.2, -0.15) is 0 Å². The van der Waals surface area contributed by atoms with Crippen molar-refractivity contribution in [2.45, 2.75) is 6.54 Å². The molecule has 1 aromatic heterocycles. The number of hydrogen-bond acceptors (Lipinski definition) is 3. The number of halogens is 2. The second-order valence-electron chi connectivity index (χ2n) is 4.84. The summed E-state index contributed by atoms with van der Waals surface area (Å²) >= 11 is 4.52. The van der Waals surface area contributed by atoms with E-state index in [9.17, 15) is 0 Å². The maximum Gasteiger partial charge on any atom is 0.129 e. The van der Waals surface area contributed by atoms with E-state index in [1.807, 2.05) is 0 Å². The van der Waals surface area contributed by atoms with Gasteiger partial charge in [0.2, 0.25) is 0 Å². The van der Waals surface area contributed by atoms with E-state index in [0.717, 1.165) is 19.6 Å². The molecule has 0 aliphatic carbocycles. The average Bonchev–Trinajstić information content (AvgIpc) is 2.47. The molecule has 0 spiro atoms. The molecule has 0 atom stereocenters. The van der Waals surface area contributed by atoms with Crippen LogP contribution in [-0.4, -0.2) is 17.0 Å². The van der Waals surface area contributed by atoms with Crippen LogP contribution in [0.2, 0.25) is 0 Å². The summed E-state index contributed by atoms with van der Waals surface area (Å²) in [5, 5.41) is 2.55. The minimum Gasteiger partial charge on any atom is -0.366 e. The van der Waals surface area contributed by atoms with Crippen molar-refractivity contribution in [3.63, 3.8) is 0 Å². The Kier molecular flexibility index (Phi) is 4.58. The lowest BCUT2D eigenvalue weighted by atomic mass is 10.1.